The lowest BCUT2D eigenvalue weighted by molar-refractivity contribution is -0.384. The first-order valence-corrected chi connectivity index (χ1v) is 6.37. The lowest BCUT2D eigenvalue weighted by Crippen LogP contribution is -2.50. The van der Waals surface area contributed by atoms with E-state index in [-0.39, 0.29) is 11.3 Å². The van der Waals surface area contributed by atoms with Gasteiger partial charge in [0.25, 0.3) is 5.69 Å². The van der Waals surface area contributed by atoms with Crippen molar-refractivity contribution in [2.24, 2.45) is 0 Å². The Morgan fingerprint density at radius 1 is 1.45 bits per heavy atom. The Kier molecular flexibility index (Phi) is 3.89. The van der Waals surface area contributed by atoms with E-state index in [9.17, 15) is 20.0 Å². The highest BCUT2D eigenvalue weighted by molar-refractivity contribution is 5.95. The van der Waals surface area contributed by atoms with Gasteiger partial charge in [-0.05, 0) is 20.0 Å². The molecule has 20 heavy (non-hydrogen) atoms. The van der Waals surface area contributed by atoms with Crippen LogP contribution in [0.2, 0.25) is 0 Å². The second-order valence-corrected chi connectivity index (χ2v) is 5.04. The van der Waals surface area contributed by atoms with Crippen LogP contribution in [-0.4, -0.2) is 53.6 Å². The number of likely N-dealkylation sites (N-methyl/N-ethyl adjacent to an activating group) is 1. The molecule has 7 nitrogen and oxygen atoms in total. The summed E-state index contributed by atoms with van der Waals surface area (Å²) in [5, 5.41) is 20.0. The van der Waals surface area contributed by atoms with Crippen molar-refractivity contribution < 1.29 is 14.8 Å². The predicted molar refractivity (Wildman–Crippen MR) is 74.4 cm³/mol. The maximum atomic E-state index is 11.3. The molecular formula is C13H17N3O4. The van der Waals surface area contributed by atoms with Crippen LogP contribution in [0.15, 0.2) is 18.2 Å². The molecule has 1 unspecified atom stereocenters. The molecule has 0 aliphatic carbocycles. The summed E-state index contributed by atoms with van der Waals surface area (Å²) in [5.74, 6) is -1.14. The minimum atomic E-state index is -1.14. The van der Waals surface area contributed by atoms with E-state index in [2.05, 4.69) is 11.8 Å². The highest BCUT2D eigenvalue weighted by Gasteiger charge is 2.25. The van der Waals surface area contributed by atoms with E-state index in [0.717, 1.165) is 12.6 Å². The summed E-state index contributed by atoms with van der Waals surface area (Å²) in [4.78, 5) is 25.7. The number of nitrogens with zero attached hydrogens (tertiary/aromatic N) is 3. The Morgan fingerprint density at radius 3 is 2.70 bits per heavy atom. The van der Waals surface area contributed by atoms with Crippen LogP contribution in [0.5, 0.6) is 0 Å². The molecule has 0 amide bonds. The quantitative estimate of drug-likeness (QED) is 0.665. The van der Waals surface area contributed by atoms with Gasteiger partial charge in [-0.2, -0.15) is 0 Å². The molecule has 1 N–H and O–H groups in total. The van der Waals surface area contributed by atoms with Gasteiger partial charge < -0.3 is 14.9 Å². The number of anilines is 1. The summed E-state index contributed by atoms with van der Waals surface area (Å²) in [7, 11) is 2.02. The van der Waals surface area contributed by atoms with E-state index in [4.69, 9.17) is 0 Å². The zero-order valence-corrected chi connectivity index (χ0v) is 11.4. The van der Waals surface area contributed by atoms with E-state index in [1.165, 1.54) is 12.1 Å². The zero-order chi connectivity index (χ0) is 14.9. The standard InChI is InChI=1S/C13H17N3O4/c1-9-8-15(6-5-14(9)2)12-4-3-10(16(19)20)7-11(12)13(17)18/h3-4,7,9H,5-6,8H2,1-2H3,(H,17,18). The maximum Gasteiger partial charge on any atom is 0.338 e. The van der Waals surface area contributed by atoms with Crippen molar-refractivity contribution >= 4 is 17.3 Å². The Hall–Kier alpha value is -2.15. The third-order valence-electron chi connectivity index (χ3n) is 3.72. The monoisotopic (exact) mass is 279 g/mol. The van der Waals surface area contributed by atoms with Gasteiger partial charge >= 0.3 is 5.97 Å². The number of carbonyl (C=O) groups is 1. The third-order valence-corrected chi connectivity index (χ3v) is 3.72. The molecule has 2 rings (SSSR count). The Labute approximate surface area is 116 Å². The van der Waals surface area contributed by atoms with Crippen LogP contribution < -0.4 is 4.90 Å². The molecule has 1 aliphatic heterocycles. The number of benzene rings is 1. The van der Waals surface area contributed by atoms with Crippen molar-refractivity contribution in [1.82, 2.24) is 4.90 Å². The number of hydrogen-bond acceptors (Lipinski definition) is 5. The predicted octanol–water partition coefficient (Wildman–Crippen LogP) is 1.43. The van der Waals surface area contributed by atoms with Gasteiger partial charge in [0, 0.05) is 37.8 Å². The number of rotatable bonds is 3. The molecule has 0 aromatic heterocycles. The number of carboxylic acids is 1. The lowest BCUT2D eigenvalue weighted by Gasteiger charge is -2.39. The van der Waals surface area contributed by atoms with E-state index in [1.54, 1.807) is 0 Å². The first kappa shape index (κ1) is 14.3. The maximum absolute atomic E-state index is 11.3. The number of nitro groups is 1. The molecule has 1 saturated heterocycles. The van der Waals surface area contributed by atoms with Crippen LogP contribution in [0.1, 0.15) is 17.3 Å². The summed E-state index contributed by atoms with van der Waals surface area (Å²) in [5.41, 5.74) is 0.326. The average molecular weight is 279 g/mol. The van der Waals surface area contributed by atoms with Crippen LogP contribution >= 0.6 is 0 Å². The van der Waals surface area contributed by atoms with Gasteiger partial charge in [0.2, 0.25) is 0 Å². The van der Waals surface area contributed by atoms with Crippen molar-refractivity contribution in [3.63, 3.8) is 0 Å². The molecule has 0 radical (unpaired) electrons. The zero-order valence-electron chi connectivity index (χ0n) is 11.4. The molecule has 0 bridgehead atoms. The van der Waals surface area contributed by atoms with Crippen molar-refractivity contribution in [2.45, 2.75) is 13.0 Å². The lowest BCUT2D eigenvalue weighted by atomic mass is 10.1. The second-order valence-electron chi connectivity index (χ2n) is 5.04. The number of hydrogen-bond donors (Lipinski definition) is 1. The van der Waals surface area contributed by atoms with E-state index >= 15 is 0 Å². The molecular weight excluding hydrogens is 262 g/mol. The molecule has 1 fully saturated rings. The van der Waals surface area contributed by atoms with Crippen LogP contribution in [0.4, 0.5) is 11.4 Å². The average Bonchev–Trinajstić information content (AvgIpc) is 2.41. The minimum Gasteiger partial charge on any atom is -0.478 e. The molecule has 0 saturated carbocycles. The Bertz CT molecular complexity index is 546. The third kappa shape index (κ3) is 2.72. The SMILES string of the molecule is CC1CN(c2ccc([N+](=O)[O-])cc2C(=O)O)CCN1C. The smallest absolute Gasteiger partial charge is 0.338 e. The molecule has 7 heteroatoms. The Balaban J connectivity index is 2.36. The van der Waals surface area contributed by atoms with Gasteiger partial charge in [0.05, 0.1) is 16.2 Å². The second kappa shape index (κ2) is 5.46. The summed E-state index contributed by atoms with van der Waals surface area (Å²) in [6, 6.07) is 4.31. The fourth-order valence-electron chi connectivity index (χ4n) is 2.35. The summed E-state index contributed by atoms with van der Waals surface area (Å²) < 4.78 is 0. The van der Waals surface area contributed by atoms with Crippen molar-refractivity contribution in [2.75, 3.05) is 31.6 Å². The van der Waals surface area contributed by atoms with E-state index in [0.29, 0.717) is 24.8 Å². The Morgan fingerprint density at radius 2 is 2.15 bits per heavy atom. The van der Waals surface area contributed by atoms with Crippen LogP contribution in [-0.2, 0) is 0 Å². The molecule has 108 valence electrons. The van der Waals surface area contributed by atoms with E-state index in [1.807, 2.05) is 11.9 Å². The normalized spacial score (nSPS) is 19.9. The summed E-state index contributed by atoms with van der Waals surface area (Å²) in [6.07, 6.45) is 0. The first-order chi connectivity index (χ1) is 9.40. The topological polar surface area (TPSA) is 86.9 Å². The fourth-order valence-corrected chi connectivity index (χ4v) is 2.35. The van der Waals surface area contributed by atoms with Gasteiger partial charge in [-0.15, -0.1) is 0 Å². The molecule has 1 aliphatic rings. The minimum absolute atomic E-state index is 0.0176. The van der Waals surface area contributed by atoms with Crippen LogP contribution in [0.3, 0.4) is 0 Å². The van der Waals surface area contributed by atoms with Gasteiger partial charge in [-0.1, -0.05) is 0 Å². The fraction of sp³-hybridized carbons (Fsp3) is 0.462. The molecule has 1 atom stereocenters. The number of aromatic carboxylic acids is 1. The highest BCUT2D eigenvalue weighted by Crippen LogP contribution is 2.27. The van der Waals surface area contributed by atoms with Gasteiger partial charge in [-0.25, -0.2) is 4.79 Å². The van der Waals surface area contributed by atoms with Gasteiger partial charge in [-0.3, -0.25) is 10.1 Å². The van der Waals surface area contributed by atoms with Crippen LogP contribution in [0, 0.1) is 10.1 Å². The molecule has 1 heterocycles. The van der Waals surface area contributed by atoms with Gasteiger partial charge in [0.15, 0.2) is 0 Å². The summed E-state index contributed by atoms with van der Waals surface area (Å²) >= 11 is 0. The van der Waals surface area contributed by atoms with Crippen molar-refractivity contribution in [1.29, 1.82) is 0 Å². The van der Waals surface area contributed by atoms with Crippen molar-refractivity contribution in [3.05, 3.63) is 33.9 Å². The summed E-state index contributed by atoms with van der Waals surface area (Å²) in [6.45, 7) is 4.31. The van der Waals surface area contributed by atoms with Crippen molar-refractivity contribution in [3.8, 4) is 0 Å². The van der Waals surface area contributed by atoms with Gasteiger partial charge in [0.1, 0.15) is 0 Å². The number of nitro benzene ring substituents is 1. The highest BCUT2D eigenvalue weighted by atomic mass is 16.6. The first-order valence-electron chi connectivity index (χ1n) is 6.37. The number of non-ortho nitro benzene ring substituents is 1. The molecule has 1 aromatic carbocycles. The largest absolute Gasteiger partial charge is 0.478 e. The number of piperazine rings is 1. The molecule has 1 aromatic rings. The van der Waals surface area contributed by atoms with E-state index < -0.39 is 10.9 Å². The van der Waals surface area contributed by atoms with Crippen LogP contribution in [0.25, 0.3) is 0 Å². The molecule has 0 spiro atoms. The number of carboxylic acid groups (broad SMARTS) is 1.